The van der Waals surface area contributed by atoms with Crippen LogP contribution in [-0.4, -0.2) is 22.8 Å². The van der Waals surface area contributed by atoms with Crippen molar-refractivity contribution in [3.8, 4) is 17.0 Å². The normalized spacial score (nSPS) is 10.8. The molecule has 4 nitrogen and oxygen atoms in total. The largest absolute Gasteiger partial charge is 0.494 e. The molecule has 0 saturated heterocycles. The molecule has 0 saturated carbocycles. The molecule has 3 rings (SSSR count). The minimum absolute atomic E-state index is 0.164. The number of halogens is 1. The molecule has 0 N–H and O–H groups in total. The van der Waals surface area contributed by atoms with Crippen LogP contribution in [0.2, 0.25) is 0 Å². The van der Waals surface area contributed by atoms with Gasteiger partial charge in [-0.25, -0.2) is 9.37 Å². The number of hydrogen-bond acceptors (Lipinski definition) is 4. The van der Waals surface area contributed by atoms with Crippen LogP contribution in [0, 0.1) is 5.82 Å². The molecule has 0 aliphatic carbocycles. The number of fused-ring (bicyclic) bond motifs is 1. The van der Waals surface area contributed by atoms with Crippen LogP contribution < -0.4 is 4.74 Å². The van der Waals surface area contributed by atoms with E-state index >= 15 is 0 Å². The van der Waals surface area contributed by atoms with Crippen LogP contribution in [0.25, 0.3) is 16.2 Å². The molecule has 0 spiro atoms. The first-order valence-electron chi connectivity index (χ1n) is 5.49. The lowest BCUT2D eigenvalue weighted by atomic mass is 10.1. The van der Waals surface area contributed by atoms with Gasteiger partial charge in [0.1, 0.15) is 11.4 Å². The van der Waals surface area contributed by atoms with E-state index in [1.807, 2.05) is 5.38 Å². The molecule has 2 aromatic heterocycles. The van der Waals surface area contributed by atoms with Crippen LogP contribution in [0.5, 0.6) is 5.75 Å². The molecule has 3 aromatic rings. The van der Waals surface area contributed by atoms with E-state index in [0.29, 0.717) is 21.9 Å². The number of benzene rings is 1. The highest BCUT2D eigenvalue weighted by Crippen LogP contribution is 2.28. The van der Waals surface area contributed by atoms with Gasteiger partial charge in [-0.05, 0) is 18.2 Å². The highest BCUT2D eigenvalue weighted by Gasteiger charge is 2.15. The maximum absolute atomic E-state index is 13.7. The van der Waals surface area contributed by atoms with Crippen molar-refractivity contribution in [3.05, 3.63) is 41.3 Å². The molecule has 0 aliphatic heterocycles. The number of aldehydes is 1. The number of hydrogen-bond donors (Lipinski definition) is 0. The third-order valence-electron chi connectivity index (χ3n) is 2.84. The molecule has 0 aliphatic rings. The molecular formula is C13H9FN2O2S. The van der Waals surface area contributed by atoms with E-state index in [-0.39, 0.29) is 5.75 Å². The van der Waals surface area contributed by atoms with E-state index < -0.39 is 5.82 Å². The van der Waals surface area contributed by atoms with Crippen molar-refractivity contribution in [2.75, 3.05) is 7.11 Å². The number of nitrogens with zero attached hydrogens (tertiary/aromatic N) is 2. The molecule has 0 atom stereocenters. The van der Waals surface area contributed by atoms with E-state index in [1.165, 1.54) is 30.6 Å². The second-order valence-corrected chi connectivity index (χ2v) is 4.74. The first-order chi connectivity index (χ1) is 9.24. The van der Waals surface area contributed by atoms with Gasteiger partial charge in [0.2, 0.25) is 0 Å². The standard InChI is InChI=1S/C13H9FN2O2S/c1-18-11-3-2-8(6-9(11)14)12-10(7-17)16-4-5-19-13(16)15-12/h2-7H,1H3. The predicted molar refractivity (Wildman–Crippen MR) is 70.4 cm³/mol. The first kappa shape index (κ1) is 11.9. The van der Waals surface area contributed by atoms with Gasteiger partial charge in [0.25, 0.3) is 0 Å². The smallest absolute Gasteiger partial charge is 0.194 e. The number of rotatable bonds is 3. The summed E-state index contributed by atoms with van der Waals surface area (Å²) in [5.74, 6) is -0.314. The first-order valence-corrected chi connectivity index (χ1v) is 6.37. The summed E-state index contributed by atoms with van der Waals surface area (Å²) in [5, 5.41) is 1.84. The Morgan fingerprint density at radius 3 is 3.00 bits per heavy atom. The fourth-order valence-electron chi connectivity index (χ4n) is 1.94. The van der Waals surface area contributed by atoms with Gasteiger partial charge in [-0.2, -0.15) is 0 Å². The average molecular weight is 276 g/mol. The van der Waals surface area contributed by atoms with Crippen molar-refractivity contribution < 1.29 is 13.9 Å². The maximum Gasteiger partial charge on any atom is 0.194 e. The zero-order chi connectivity index (χ0) is 13.4. The number of methoxy groups -OCH3 is 1. The lowest BCUT2D eigenvalue weighted by Gasteiger charge is -2.03. The minimum Gasteiger partial charge on any atom is -0.494 e. The minimum atomic E-state index is -0.479. The Labute approximate surface area is 112 Å². The summed E-state index contributed by atoms with van der Waals surface area (Å²) in [6, 6.07) is 4.52. The van der Waals surface area contributed by atoms with Crippen molar-refractivity contribution >= 4 is 22.6 Å². The highest BCUT2D eigenvalue weighted by molar-refractivity contribution is 7.15. The quantitative estimate of drug-likeness (QED) is 0.691. The Morgan fingerprint density at radius 1 is 1.47 bits per heavy atom. The summed E-state index contributed by atoms with van der Waals surface area (Å²) in [6.45, 7) is 0. The number of ether oxygens (including phenoxy) is 1. The third-order valence-corrected chi connectivity index (χ3v) is 3.59. The Bertz CT molecular complexity index is 763. The van der Waals surface area contributed by atoms with Gasteiger partial charge in [0.15, 0.2) is 22.8 Å². The third kappa shape index (κ3) is 1.80. The zero-order valence-corrected chi connectivity index (χ0v) is 10.8. The fourth-order valence-corrected chi connectivity index (χ4v) is 2.66. The number of imidazole rings is 1. The molecule has 19 heavy (non-hydrogen) atoms. The van der Waals surface area contributed by atoms with Crippen molar-refractivity contribution in [2.45, 2.75) is 0 Å². The average Bonchev–Trinajstić information content (AvgIpc) is 2.98. The highest BCUT2D eigenvalue weighted by atomic mass is 32.1. The molecule has 96 valence electrons. The van der Waals surface area contributed by atoms with Crippen LogP contribution in [0.3, 0.4) is 0 Å². The summed E-state index contributed by atoms with van der Waals surface area (Å²) in [4.78, 5) is 16.3. The van der Waals surface area contributed by atoms with Crippen molar-refractivity contribution in [1.29, 1.82) is 0 Å². The van der Waals surface area contributed by atoms with Gasteiger partial charge in [-0.1, -0.05) is 0 Å². The molecule has 0 fully saturated rings. The summed E-state index contributed by atoms with van der Waals surface area (Å²) in [6.07, 6.45) is 2.49. The molecule has 0 bridgehead atoms. The molecule has 0 unspecified atom stereocenters. The Kier molecular flexibility index (Phi) is 2.79. The second kappa shape index (κ2) is 4.47. The molecule has 0 amide bonds. The number of carbonyl (C=O) groups is 1. The lowest BCUT2D eigenvalue weighted by molar-refractivity contribution is 0.111. The number of aromatic nitrogens is 2. The van der Waals surface area contributed by atoms with Crippen LogP contribution >= 0.6 is 11.3 Å². The summed E-state index contributed by atoms with van der Waals surface area (Å²) >= 11 is 1.42. The van der Waals surface area contributed by atoms with Gasteiger partial charge in [0, 0.05) is 17.1 Å². The fraction of sp³-hybridized carbons (Fsp3) is 0.0769. The van der Waals surface area contributed by atoms with Gasteiger partial charge >= 0.3 is 0 Å². The van der Waals surface area contributed by atoms with Crippen LogP contribution in [-0.2, 0) is 0 Å². The maximum atomic E-state index is 13.7. The Hall–Kier alpha value is -2.21. The van der Waals surface area contributed by atoms with Crippen molar-refractivity contribution in [3.63, 3.8) is 0 Å². The zero-order valence-electron chi connectivity index (χ0n) is 9.96. The Balaban J connectivity index is 2.20. The molecule has 2 heterocycles. The Morgan fingerprint density at radius 2 is 2.32 bits per heavy atom. The summed E-state index contributed by atoms with van der Waals surface area (Å²) in [5.41, 5.74) is 1.44. The molecular weight excluding hydrogens is 267 g/mol. The van der Waals surface area contributed by atoms with E-state index in [4.69, 9.17) is 4.74 Å². The van der Waals surface area contributed by atoms with E-state index in [1.54, 1.807) is 16.7 Å². The molecule has 0 radical (unpaired) electrons. The number of carbonyl (C=O) groups excluding carboxylic acids is 1. The topological polar surface area (TPSA) is 43.6 Å². The predicted octanol–water partition coefficient (Wildman–Crippen LogP) is 3.02. The molecule has 1 aromatic carbocycles. The monoisotopic (exact) mass is 276 g/mol. The van der Waals surface area contributed by atoms with Gasteiger partial charge in [0.05, 0.1) is 7.11 Å². The van der Waals surface area contributed by atoms with Gasteiger partial charge in [-0.3, -0.25) is 9.20 Å². The molecule has 6 heteroatoms. The lowest BCUT2D eigenvalue weighted by Crippen LogP contribution is -1.92. The van der Waals surface area contributed by atoms with E-state index in [2.05, 4.69) is 4.98 Å². The van der Waals surface area contributed by atoms with E-state index in [0.717, 1.165) is 6.29 Å². The second-order valence-electron chi connectivity index (χ2n) is 3.87. The van der Waals surface area contributed by atoms with Crippen LogP contribution in [0.4, 0.5) is 4.39 Å². The van der Waals surface area contributed by atoms with Crippen molar-refractivity contribution in [1.82, 2.24) is 9.38 Å². The van der Waals surface area contributed by atoms with E-state index in [9.17, 15) is 9.18 Å². The van der Waals surface area contributed by atoms with Crippen molar-refractivity contribution in [2.24, 2.45) is 0 Å². The summed E-state index contributed by atoms with van der Waals surface area (Å²) < 4.78 is 20.3. The summed E-state index contributed by atoms with van der Waals surface area (Å²) in [7, 11) is 1.40. The van der Waals surface area contributed by atoms with Crippen LogP contribution in [0.1, 0.15) is 10.5 Å². The SMILES string of the molecule is COc1ccc(-c2nc3sccn3c2C=O)cc1F. The van der Waals surface area contributed by atoms with Gasteiger partial charge < -0.3 is 4.74 Å². The number of thiazole rings is 1. The van der Waals surface area contributed by atoms with Gasteiger partial charge in [-0.15, -0.1) is 11.3 Å². The van der Waals surface area contributed by atoms with Crippen LogP contribution in [0.15, 0.2) is 29.8 Å².